The number of benzene rings is 3. The van der Waals surface area contributed by atoms with Crippen LogP contribution in [0.4, 0.5) is 5.69 Å². The van der Waals surface area contributed by atoms with Crippen LogP contribution in [0.3, 0.4) is 0 Å². The monoisotopic (exact) mass is 365 g/mol. The minimum Gasteiger partial charge on any atom is -0.493 e. The molecule has 6 heteroatoms. The maximum absolute atomic E-state index is 12.3. The third kappa shape index (κ3) is 4.17. The van der Waals surface area contributed by atoms with E-state index in [0.717, 1.165) is 10.8 Å². The molecule has 1 amide bonds. The molecular formula is C21H19NO5. The molecule has 0 aliphatic rings. The summed E-state index contributed by atoms with van der Waals surface area (Å²) in [6.45, 7) is -0.411. The number of rotatable bonds is 6. The average molecular weight is 365 g/mol. The van der Waals surface area contributed by atoms with Crippen molar-refractivity contribution in [2.45, 2.75) is 0 Å². The first kappa shape index (κ1) is 18.3. The molecular weight excluding hydrogens is 346 g/mol. The molecule has 0 atom stereocenters. The number of para-hydroxylation sites is 1. The van der Waals surface area contributed by atoms with E-state index in [-0.39, 0.29) is 11.3 Å². The second-order valence-corrected chi connectivity index (χ2v) is 5.73. The molecule has 0 radical (unpaired) electrons. The molecule has 0 bridgehead atoms. The number of amides is 1. The predicted octanol–water partition coefficient (Wildman–Crippen LogP) is 3.65. The molecule has 138 valence electrons. The maximum atomic E-state index is 12.3. The number of ether oxygens (including phenoxy) is 3. The largest absolute Gasteiger partial charge is 0.493 e. The number of methoxy groups -OCH3 is 2. The molecule has 0 aliphatic carbocycles. The van der Waals surface area contributed by atoms with E-state index in [0.29, 0.717) is 11.4 Å². The van der Waals surface area contributed by atoms with E-state index >= 15 is 0 Å². The Bertz CT molecular complexity index is 983. The van der Waals surface area contributed by atoms with Gasteiger partial charge in [-0.1, -0.05) is 36.4 Å². The quantitative estimate of drug-likeness (QED) is 0.675. The molecule has 3 aromatic carbocycles. The van der Waals surface area contributed by atoms with Gasteiger partial charge in [-0.05, 0) is 35.0 Å². The van der Waals surface area contributed by atoms with Crippen LogP contribution in [0.25, 0.3) is 10.8 Å². The summed E-state index contributed by atoms with van der Waals surface area (Å²) in [4.78, 5) is 24.4. The van der Waals surface area contributed by atoms with Gasteiger partial charge in [-0.3, -0.25) is 4.79 Å². The Morgan fingerprint density at radius 1 is 0.889 bits per heavy atom. The van der Waals surface area contributed by atoms with Crippen LogP contribution in [0, 0.1) is 0 Å². The van der Waals surface area contributed by atoms with Gasteiger partial charge in [0.15, 0.2) is 18.1 Å². The van der Waals surface area contributed by atoms with Crippen LogP contribution < -0.4 is 14.8 Å². The zero-order valence-electron chi connectivity index (χ0n) is 15.0. The lowest BCUT2D eigenvalue weighted by atomic mass is 10.1. The molecule has 0 aliphatic heterocycles. The second kappa shape index (κ2) is 8.23. The Labute approximate surface area is 156 Å². The van der Waals surface area contributed by atoms with Gasteiger partial charge in [-0.25, -0.2) is 4.79 Å². The number of anilines is 1. The highest BCUT2D eigenvalue weighted by Crippen LogP contribution is 2.31. The van der Waals surface area contributed by atoms with Crippen LogP contribution >= 0.6 is 0 Å². The minimum atomic E-state index is -0.667. The van der Waals surface area contributed by atoms with Crippen molar-refractivity contribution in [3.05, 3.63) is 66.2 Å². The normalized spacial score (nSPS) is 10.3. The van der Waals surface area contributed by atoms with Gasteiger partial charge in [0.1, 0.15) is 5.56 Å². The molecule has 27 heavy (non-hydrogen) atoms. The lowest BCUT2D eigenvalue weighted by Gasteiger charge is -2.12. The summed E-state index contributed by atoms with van der Waals surface area (Å²) in [5.41, 5.74) is 0.823. The number of hydrogen-bond acceptors (Lipinski definition) is 5. The van der Waals surface area contributed by atoms with Crippen molar-refractivity contribution in [2.75, 3.05) is 26.1 Å². The number of fused-ring (bicyclic) bond motifs is 1. The second-order valence-electron chi connectivity index (χ2n) is 5.73. The van der Waals surface area contributed by atoms with Crippen molar-refractivity contribution >= 4 is 28.3 Å². The lowest BCUT2D eigenvalue weighted by Crippen LogP contribution is -2.21. The van der Waals surface area contributed by atoms with Gasteiger partial charge < -0.3 is 19.5 Å². The highest BCUT2D eigenvalue weighted by atomic mass is 16.5. The Morgan fingerprint density at radius 3 is 2.41 bits per heavy atom. The first-order valence-electron chi connectivity index (χ1n) is 8.29. The molecule has 0 fully saturated rings. The van der Waals surface area contributed by atoms with Gasteiger partial charge in [0.25, 0.3) is 5.91 Å². The fourth-order valence-electron chi connectivity index (χ4n) is 2.72. The first-order valence-corrected chi connectivity index (χ1v) is 8.29. The van der Waals surface area contributed by atoms with E-state index in [1.54, 1.807) is 24.3 Å². The summed E-state index contributed by atoms with van der Waals surface area (Å²) in [5.74, 6) is -0.424. The van der Waals surface area contributed by atoms with Crippen LogP contribution in [-0.4, -0.2) is 32.7 Å². The molecule has 0 saturated carbocycles. The minimum absolute atomic E-state index is 0.190. The summed E-state index contributed by atoms with van der Waals surface area (Å²) in [6, 6.07) is 18.3. The number of nitrogens with one attached hydrogen (secondary N) is 1. The smallest absolute Gasteiger partial charge is 0.342 e. The molecule has 6 nitrogen and oxygen atoms in total. The molecule has 0 saturated heterocycles. The molecule has 0 spiro atoms. The van der Waals surface area contributed by atoms with Crippen LogP contribution in [0.15, 0.2) is 60.7 Å². The van der Waals surface area contributed by atoms with E-state index in [4.69, 9.17) is 14.2 Å². The van der Waals surface area contributed by atoms with Crippen molar-refractivity contribution < 1.29 is 23.8 Å². The summed E-state index contributed by atoms with van der Waals surface area (Å²) >= 11 is 0. The Kier molecular flexibility index (Phi) is 5.56. The van der Waals surface area contributed by atoms with E-state index in [9.17, 15) is 9.59 Å². The first-order chi connectivity index (χ1) is 13.1. The molecule has 1 N–H and O–H groups in total. The van der Waals surface area contributed by atoms with Gasteiger partial charge in [-0.15, -0.1) is 0 Å². The zero-order chi connectivity index (χ0) is 19.2. The van der Waals surface area contributed by atoms with E-state index < -0.39 is 18.5 Å². The third-order valence-corrected chi connectivity index (χ3v) is 3.99. The Balaban J connectivity index is 1.64. The predicted molar refractivity (Wildman–Crippen MR) is 102 cm³/mol. The number of esters is 1. The number of carbonyl (C=O) groups excluding carboxylic acids is 2. The lowest BCUT2D eigenvalue weighted by molar-refractivity contribution is -0.119. The van der Waals surface area contributed by atoms with E-state index in [1.165, 1.54) is 14.2 Å². The van der Waals surface area contributed by atoms with Crippen molar-refractivity contribution in [3.63, 3.8) is 0 Å². The molecule has 3 rings (SSSR count). The third-order valence-electron chi connectivity index (χ3n) is 3.99. The van der Waals surface area contributed by atoms with E-state index in [2.05, 4.69) is 5.32 Å². The number of carbonyl (C=O) groups is 2. The fourth-order valence-corrected chi connectivity index (χ4v) is 2.72. The topological polar surface area (TPSA) is 73.9 Å². The average Bonchev–Trinajstić information content (AvgIpc) is 2.71. The molecule has 3 aromatic rings. The van der Waals surface area contributed by atoms with Crippen molar-refractivity contribution in [1.29, 1.82) is 0 Å². The number of hydrogen-bond donors (Lipinski definition) is 1. The van der Waals surface area contributed by atoms with Gasteiger partial charge in [0.05, 0.1) is 14.2 Å². The van der Waals surface area contributed by atoms with Crippen LogP contribution in [0.5, 0.6) is 11.5 Å². The maximum Gasteiger partial charge on any atom is 0.342 e. The summed E-state index contributed by atoms with van der Waals surface area (Å²) in [5, 5.41) is 4.80. The van der Waals surface area contributed by atoms with Gasteiger partial charge in [0, 0.05) is 5.69 Å². The highest BCUT2D eigenvalue weighted by Gasteiger charge is 2.18. The Hall–Kier alpha value is -3.54. The van der Waals surface area contributed by atoms with Crippen LogP contribution in [-0.2, 0) is 9.53 Å². The van der Waals surface area contributed by atoms with Gasteiger partial charge in [-0.2, -0.15) is 0 Å². The van der Waals surface area contributed by atoms with Crippen LogP contribution in [0.2, 0.25) is 0 Å². The van der Waals surface area contributed by atoms with Gasteiger partial charge >= 0.3 is 5.97 Å². The van der Waals surface area contributed by atoms with Crippen molar-refractivity contribution in [3.8, 4) is 11.5 Å². The van der Waals surface area contributed by atoms with Crippen LogP contribution in [0.1, 0.15) is 10.4 Å². The summed E-state index contributed by atoms with van der Waals surface area (Å²) in [6.07, 6.45) is 0. The van der Waals surface area contributed by atoms with E-state index in [1.807, 2.05) is 36.4 Å². The summed E-state index contributed by atoms with van der Waals surface area (Å²) in [7, 11) is 2.91. The zero-order valence-corrected chi connectivity index (χ0v) is 15.0. The molecule has 0 aromatic heterocycles. The van der Waals surface area contributed by atoms with Crippen molar-refractivity contribution in [1.82, 2.24) is 0 Å². The fraction of sp³-hybridized carbons (Fsp3) is 0.143. The molecule has 0 unspecified atom stereocenters. The SMILES string of the molecule is COc1cccc(C(=O)OCC(=O)Nc2ccc3ccccc3c2)c1OC. The molecule has 0 heterocycles. The Morgan fingerprint density at radius 2 is 1.67 bits per heavy atom. The van der Waals surface area contributed by atoms with Crippen molar-refractivity contribution in [2.24, 2.45) is 0 Å². The standard InChI is InChI=1S/C21H19NO5/c1-25-18-9-5-8-17(20(18)26-2)21(24)27-13-19(23)22-16-11-10-14-6-3-4-7-15(14)12-16/h3-12H,13H2,1-2H3,(H,22,23). The highest BCUT2D eigenvalue weighted by molar-refractivity contribution is 5.98. The van der Waals surface area contributed by atoms with Gasteiger partial charge in [0.2, 0.25) is 0 Å². The summed E-state index contributed by atoms with van der Waals surface area (Å²) < 4.78 is 15.5.